The van der Waals surface area contributed by atoms with Crippen molar-refractivity contribution < 1.29 is 14.0 Å². The summed E-state index contributed by atoms with van der Waals surface area (Å²) in [5, 5.41) is 3.66. The highest BCUT2D eigenvalue weighted by Gasteiger charge is 2.43. The average molecular weight is 427 g/mol. The van der Waals surface area contributed by atoms with E-state index in [-0.39, 0.29) is 23.7 Å². The van der Waals surface area contributed by atoms with Crippen molar-refractivity contribution in [2.75, 3.05) is 26.2 Å². The molecule has 2 saturated heterocycles. The fourth-order valence-corrected chi connectivity index (χ4v) is 5.92. The number of rotatable bonds is 3. The van der Waals surface area contributed by atoms with Crippen molar-refractivity contribution in [3.63, 3.8) is 0 Å². The van der Waals surface area contributed by atoms with Crippen LogP contribution < -0.4 is 5.32 Å². The van der Waals surface area contributed by atoms with Crippen molar-refractivity contribution in [2.24, 2.45) is 11.8 Å². The van der Waals surface area contributed by atoms with Gasteiger partial charge in [-0.25, -0.2) is 4.39 Å². The second-order valence-electron chi connectivity index (χ2n) is 9.72. The Bertz CT molecular complexity index is 965. The zero-order valence-electron chi connectivity index (χ0n) is 18.3. The first-order chi connectivity index (χ1) is 14.9. The average Bonchev–Trinajstić information content (AvgIpc) is 3.44. The molecule has 3 fully saturated rings. The summed E-state index contributed by atoms with van der Waals surface area (Å²) in [6, 6.07) is 5.41. The smallest absolute Gasteiger partial charge is 0.267 e. The van der Waals surface area contributed by atoms with Crippen LogP contribution in [-0.4, -0.2) is 64.9 Å². The Kier molecular flexibility index (Phi) is 5.24. The van der Waals surface area contributed by atoms with Crippen molar-refractivity contribution in [2.45, 2.75) is 51.6 Å². The summed E-state index contributed by atoms with van der Waals surface area (Å²) >= 11 is 0. The number of nitrogens with one attached hydrogen (secondary N) is 2. The van der Waals surface area contributed by atoms with Crippen LogP contribution in [0.5, 0.6) is 0 Å². The molecule has 3 aliphatic rings. The maximum Gasteiger partial charge on any atom is 0.267 e. The lowest BCUT2D eigenvalue weighted by Gasteiger charge is -2.36. The Hall–Kier alpha value is -2.41. The number of halogens is 1. The molecule has 1 aromatic carbocycles. The van der Waals surface area contributed by atoms with Crippen LogP contribution in [0.1, 0.15) is 48.7 Å². The molecule has 2 N–H and O–H groups in total. The number of likely N-dealkylation sites (tertiary alicyclic amines) is 2. The molecule has 7 heteroatoms. The summed E-state index contributed by atoms with van der Waals surface area (Å²) in [6.45, 7) is 7.46. The zero-order valence-corrected chi connectivity index (χ0v) is 18.3. The summed E-state index contributed by atoms with van der Waals surface area (Å²) in [6.07, 6.45) is 4.20. The lowest BCUT2D eigenvalue weighted by atomic mass is 9.90. The second kappa shape index (κ2) is 7.93. The van der Waals surface area contributed by atoms with Crippen LogP contribution in [0.2, 0.25) is 0 Å². The summed E-state index contributed by atoms with van der Waals surface area (Å²) in [7, 11) is 0. The molecule has 2 aliphatic heterocycles. The van der Waals surface area contributed by atoms with E-state index in [1.165, 1.54) is 12.5 Å². The molecule has 1 saturated carbocycles. The van der Waals surface area contributed by atoms with Gasteiger partial charge in [0.15, 0.2) is 0 Å². The van der Waals surface area contributed by atoms with Crippen LogP contribution in [-0.2, 0) is 4.79 Å². The van der Waals surface area contributed by atoms with E-state index in [2.05, 4.69) is 15.2 Å². The van der Waals surface area contributed by atoms with E-state index in [9.17, 15) is 14.0 Å². The number of carbonyl (C=O) groups is 2. The van der Waals surface area contributed by atoms with E-state index < -0.39 is 0 Å². The Balaban J connectivity index is 1.21. The van der Waals surface area contributed by atoms with Gasteiger partial charge in [0.1, 0.15) is 11.5 Å². The number of carbonyl (C=O) groups excluding carboxylic acids is 2. The first-order valence-electron chi connectivity index (χ1n) is 11.5. The Morgan fingerprint density at radius 2 is 1.87 bits per heavy atom. The number of hydrogen-bond donors (Lipinski definition) is 2. The highest BCUT2D eigenvalue weighted by atomic mass is 19.1. The minimum Gasteiger partial charge on any atom is -0.350 e. The number of nitrogens with zero attached hydrogens (tertiary/aromatic N) is 2. The Morgan fingerprint density at radius 3 is 2.55 bits per heavy atom. The van der Waals surface area contributed by atoms with Crippen LogP contribution >= 0.6 is 0 Å². The van der Waals surface area contributed by atoms with E-state index >= 15 is 0 Å². The molecule has 4 atom stereocenters. The molecular formula is C24H31FN4O2. The molecule has 0 radical (unpaired) electrons. The van der Waals surface area contributed by atoms with Crippen molar-refractivity contribution in [1.82, 2.24) is 20.1 Å². The van der Waals surface area contributed by atoms with Gasteiger partial charge in [0.05, 0.1) is 5.52 Å². The van der Waals surface area contributed by atoms with Crippen molar-refractivity contribution in [3.8, 4) is 0 Å². The van der Waals surface area contributed by atoms with Gasteiger partial charge in [0.2, 0.25) is 5.91 Å². The van der Waals surface area contributed by atoms with E-state index in [0.717, 1.165) is 51.0 Å². The summed E-state index contributed by atoms with van der Waals surface area (Å²) in [5.74, 6) is 0.896. The lowest BCUT2D eigenvalue weighted by molar-refractivity contribution is -0.128. The highest BCUT2D eigenvalue weighted by molar-refractivity contribution is 5.99. The molecule has 31 heavy (non-hydrogen) atoms. The van der Waals surface area contributed by atoms with E-state index in [4.69, 9.17) is 0 Å². The molecule has 0 bridgehead atoms. The van der Waals surface area contributed by atoms with Crippen molar-refractivity contribution in [1.29, 1.82) is 0 Å². The van der Waals surface area contributed by atoms with Gasteiger partial charge >= 0.3 is 0 Å². The maximum absolute atomic E-state index is 14.1. The minimum absolute atomic E-state index is 0.137. The van der Waals surface area contributed by atoms with E-state index in [1.807, 2.05) is 11.8 Å². The molecule has 1 aliphatic carbocycles. The van der Waals surface area contributed by atoms with Gasteiger partial charge in [0, 0.05) is 50.6 Å². The first kappa shape index (κ1) is 20.5. The molecule has 2 aromatic rings. The normalized spacial score (nSPS) is 28.8. The van der Waals surface area contributed by atoms with Crippen LogP contribution in [0, 0.1) is 24.6 Å². The number of amides is 2. The number of aromatic amines is 1. The summed E-state index contributed by atoms with van der Waals surface area (Å²) in [4.78, 5) is 32.2. The number of benzene rings is 1. The number of H-pyrrole nitrogens is 1. The predicted octanol–water partition coefficient (Wildman–Crippen LogP) is 3.07. The van der Waals surface area contributed by atoms with Gasteiger partial charge in [-0.2, -0.15) is 0 Å². The third kappa shape index (κ3) is 3.84. The Labute approximate surface area is 182 Å². The van der Waals surface area contributed by atoms with E-state index in [1.54, 1.807) is 19.1 Å². The molecule has 5 rings (SSSR count). The molecule has 0 spiro atoms. The quantitative estimate of drug-likeness (QED) is 0.793. The number of hydrogen-bond acceptors (Lipinski definition) is 3. The van der Waals surface area contributed by atoms with Gasteiger partial charge in [-0.3, -0.25) is 14.5 Å². The molecule has 1 aromatic heterocycles. The standard InChI is InChI=1S/C24H31FN4O2/c1-14-6-7-21(25)20-9-22(27-23(14)20)24(31)26-18-4-3-5-19(8-18)29-12-16-10-28(15(2)30)11-17(16)13-29/h6-7,9,16-19,27H,3-5,8,10-13H2,1-2H3,(H,26,31)/t16-,17+,18-,19+/m1/s1. The van der Waals surface area contributed by atoms with Gasteiger partial charge in [-0.05, 0) is 62.1 Å². The highest BCUT2D eigenvalue weighted by Crippen LogP contribution is 2.35. The molecule has 0 unspecified atom stereocenters. The summed E-state index contributed by atoms with van der Waals surface area (Å²) in [5.41, 5.74) is 2.04. The van der Waals surface area contributed by atoms with Gasteiger partial charge in [-0.15, -0.1) is 0 Å². The SMILES string of the molecule is CC(=O)N1C[C@@H]2CN([C@H]3CCC[C@@H](NC(=O)c4cc5c(F)ccc(C)c5[nH]4)C3)C[C@@H]2C1. The first-order valence-corrected chi connectivity index (χ1v) is 11.5. The van der Waals surface area contributed by atoms with Crippen LogP contribution in [0.15, 0.2) is 18.2 Å². The monoisotopic (exact) mass is 426 g/mol. The largest absolute Gasteiger partial charge is 0.350 e. The summed E-state index contributed by atoms with van der Waals surface area (Å²) < 4.78 is 14.1. The van der Waals surface area contributed by atoms with Gasteiger partial charge in [-0.1, -0.05) is 6.07 Å². The topological polar surface area (TPSA) is 68.4 Å². The number of aryl methyl sites for hydroxylation is 1. The fourth-order valence-electron chi connectivity index (χ4n) is 5.92. The number of fused-ring (bicyclic) bond motifs is 2. The minimum atomic E-state index is -0.309. The van der Waals surface area contributed by atoms with Gasteiger partial charge in [0.25, 0.3) is 5.91 Å². The fraction of sp³-hybridized carbons (Fsp3) is 0.583. The molecular weight excluding hydrogens is 395 g/mol. The van der Waals surface area contributed by atoms with Crippen LogP contribution in [0.3, 0.4) is 0 Å². The third-order valence-electron chi connectivity index (χ3n) is 7.65. The number of aromatic nitrogens is 1. The molecule has 3 heterocycles. The van der Waals surface area contributed by atoms with E-state index in [0.29, 0.717) is 34.5 Å². The maximum atomic E-state index is 14.1. The molecule has 166 valence electrons. The van der Waals surface area contributed by atoms with Crippen molar-refractivity contribution in [3.05, 3.63) is 35.3 Å². The Morgan fingerprint density at radius 1 is 1.13 bits per heavy atom. The zero-order chi connectivity index (χ0) is 21.7. The second-order valence-corrected chi connectivity index (χ2v) is 9.72. The predicted molar refractivity (Wildman–Crippen MR) is 117 cm³/mol. The third-order valence-corrected chi connectivity index (χ3v) is 7.65. The molecule has 2 amide bonds. The lowest BCUT2D eigenvalue weighted by Crippen LogP contribution is -2.46. The molecule has 6 nitrogen and oxygen atoms in total. The van der Waals surface area contributed by atoms with Crippen LogP contribution in [0.4, 0.5) is 4.39 Å². The van der Waals surface area contributed by atoms with Crippen LogP contribution in [0.25, 0.3) is 10.9 Å². The van der Waals surface area contributed by atoms with Gasteiger partial charge < -0.3 is 15.2 Å². The van der Waals surface area contributed by atoms with Crippen molar-refractivity contribution >= 4 is 22.7 Å².